The lowest BCUT2D eigenvalue weighted by Gasteiger charge is -2.04. The Morgan fingerprint density at radius 1 is 0.895 bits per heavy atom. The van der Waals surface area contributed by atoms with Crippen molar-refractivity contribution in [2.24, 2.45) is 0 Å². The lowest BCUT2D eigenvalue weighted by molar-refractivity contribution is 0.394. The average molecular weight is 253 g/mol. The molecule has 0 heterocycles. The largest absolute Gasteiger partial charge is 0.497 e. The molecule has 3 nitrogen and oxygen atoms in total. The standard InChI is InChI=1S/C16H15NO2/c1-18-14-9-12(10-15(11-14)19-2)7-8-13-5-3-4-6-16(13)17/h3-6,9-11H,17H2,1-2H3. The predicted octanol–water partition coefficient (Wildman–Crippen LogP) is 2.69. The van der Waals surface area contributed by atoms with Crippen molar-refractivity contribution in [3.05, 3.63) is 53.6 Å². The van der Waals surface area contributed by atoms with Crippen LogP contribution in [0.3, 0.4) is 0 Å². The number of hydrogen-bond donors (Lipinski definition) is 1. The molecule has 19 heavy (non-hydrogen) atoms. The van der Waals surface area contributed by atoms with E-state index in [4.69, 9.17) is 15.2 Å². The monoisotopic (exact) mass is 253 g/mol. The Morgan fingerprint density at radius 2 is 1.53 bits per heavy atom. The van der Waals surface area contributed by atoms with Gasteiger partial charge in [-0.1, -0.05) is 24.0 Å². The van der Waals surface area contributed by atoms with Crippen LogP contribution in [0.1, 0.15) is 11.1 Å². The van der Waals surface area contributed by atoms with Gasteiger partial charge in [-0.2, -0.15) is 0 Å². The van der Waals surface area contributed by atoms with E-state index in [0.717, 1.165) is 11.1 Å². The van der Waals surface area contributed by atoms with E-state index >= 15 is 0 Å². The summed E-state index contributed by atoms with van der Waals surface area (Å²) in [6.45, 7) is 0. The number of benzene rings is 2. The van der Waals surface area contributed by atoms with Crippen molar-refractivity contribution < 1.29 is 9.47 Å². The number of hydrogen-bond acceptors (Lipinski definition) is 3. The lowest BCUT2D eigenvalue weighted by Crippen LogP contribution is -1.90. The summed E-state index contributed by atoms with van der Waals surface area (Å²) in [6, 6.07) is 13.0. The van der Waals surface area contributed by atoms with E-state index in [2.05, 4.69) is 11.8 Å². The number of nitrogen functional groups attached to an aromatic ring is 1. The van der Waals surface area contributed by atoms with Crippen molar-refractivity contribution in [3.63, 3.8) is 0 Å². The first-order valence-electron chi connectivity index (χ1n) is 5.82. The Bertz CT molecular complexity index is 616. The molecule has 2 N–H and O–H groups in total. The number of rotatable bonds is 2. The summed E-state index contributed by atoms with van der Waals surface area (Å²) in [7, 11) is 3.22. The van der Waals surface area contributed by atoms with Crippen LogP contribution >= 0.6 is 0 Å². The first-order chi connectivity index (χ1) is 9.22. The number of anilines is 1. The van der Waals surface area contributed by atoms with Crippen LogP contribution in [-0.2, 0) is 0 Å². The molecule has 3 heteroatoms. The summed E-state index contributed by atoms with van der Waals surface area (Å²) in [5.74, 6) is 7.53. The van der Waals surface area contributed by atoms with Gasteiger partial charge < -0.3 is 15.2 Å². The quantitative estimate of drug-likeness (QED) is 0.661. The van der Waals surface area contributed by atoms with Gasteiger partial charge in [0.1, 0.15) is 11.5 Å². The number of para-hydroxylation sites is 1. The molecule has 0 aromatic heterocycles. The third-order valence-electron chi connectivity index (χ3n) is 2.65. The van der Waals surface area contributed by atoms with E-state index in [0.29, 0.717) is 17.2 Å². The highest BCUT2D eigenvalue weighted by molar-refractivity contribution is 5.58. The SMILES string of the molecule is COc1cc(C#Cc2ccccc2N)cc(OC)c1. The first kappa shape index (κ1) is 12.8. The van der Waals surface area contributed by atoms with Crippen LogP contribution in [0.4, 0.5) is 5.69 Å². The Labute approximate surface area is 113 Å². The van der Waals surface area contributed by atoms with Gasteiger partial charge >= 0.3 is 0 Å². The van der Waals surface area contributed by atoms with Crippen molar-refractivity contribution in [2.45, 2.75) is 0 Å². The number of methoxy groups -OCH3 is 2. The fraction of sp³-hybridized carbons (Fsp3) is 0.125. The summed E-state index contributed by atoms with van der Waals surface area (Å²) in [6.07, 6.45) is 0. The number of nitrogens with two attached hydrogens (primary N) is 1. The molecule has 0 radical (unpaired) electrons. The van der Waals surface area contributed by atoms with Crippen LogP contribution in [0.5, 0.6) is 11.5 Å². The highest BCUT2D eigenvalue weighted by atomic mass is 16.5. The maximum atomic E-state index is 5.84. The fourth-order valence-corrected chi connectivity index (χ4v) is 1.63. The molecule has 0 aliphatic rings. The zero-order chi connectivity index (χ0) is 13.7. The molecule has 0 atom stereocenters. The molecular weight excluding hydrogens is 238 g/mol. The van der Waals surface area contributed by atoms with Crippen LogP contribution in [0.15, 0.2) is 42.5 Å². The van der Waals surface area contributed by atoms with Gasteiger partial charge in [0.05, 0.1) is 14.2 Å². The van der Waals surface area contributed by atoms with Crippen LogP contribution in [0.2, 0.25) is 0 Å². The molecule has 2 aromatic carbocycles. The molecule has 96 valence electrons. The highest BCUT2D eigenvalue weighted by Crippen LogP contribution is 2.22. The normalized spacial score (nSPS) is 9.37. The van der Waals surface area contributed by atoms with E-state index < -0.39 is 0 Å². The van der Waals surface area contributed by atoms with Crippen LogP contribution in [0.25, 0.3) is 0 Å². The molecule has 0 bridgehead atoms. The van der Waals surface area contributed by atoms with Gasteiger partial charge in [-0.05, 0) is 24.3 Å². The smallest absolute Gasteiger partial charge is 0.123 e. The lowest BCUT2D eigenvalue weighted by atomic mass is 10.1. The zero-order valence-corrected chi connectivity index (χ0v) is 10.9. The third-order valence-corrected chi connectivity index (χ3v) is 2.65. The second-order valence-electron chi connectivity index (χ2n) is 3.94. The molecule has 2 aromatic rings. The maximum Gasteiger partial charge on any atom is 0.123 e. The summed E-state index contributed by atoms with van der Waals surface area (Å²) < 4.78 is 10.4. The minimum absolute atomic E-state index is 0.671. The van der Waals surface area contributed by atoms with Gasteiger partial charge in [0.2, 0.25) is 0 Å². The molecular formula is C16H15NO2. The summed E-state index contributed by atoms with van der Waals surface area (Å²) in [5.41, 5.74) is 8.14. The van der Waals surface area contributed by atoms with E-state index in [-0.39, 0.29) is 0 Å². The van der Waals surface area contributed by atoms with E-state index in [1.165, 1.54) is 0 Å². The summed E-state index contributed by atoms with van der Waals surface area (Å²) in [5, 5.41) is 0. The molecule has 0 saturated carbocycles. The van der Waals surface area contributed by atoms with Gasteiger partial charge in [0.25, 0.3) is 0 Å². The van der Waals surface area contributed by atoms with Crippen LogP contribution < -0.4 is 15.2 Å². The Balaban J connectivity index is 2.36. The predicted molar refractivity (Wildman–Crippen MR) is 76.4 cm³/mol. The van der Waals surface area contributed by atoms with Crippen molar-refractivity contribution >= 4 is 5.69 Å². The molecule has 0 amide bonds. The summed E-state index contributed by atoms with van der Waals surface area (Å²) in [4.78, 5) is 0. The Hall–Kier alpha value is -2.60. The topological polar surface area (TPSA) is 44.5 Å². The minimum Gasteiger partial charge on any atom is -0.497 e. The Kier molecular flexibility index (Phi) is 3.94. The van der Waals surface area contributed by atoms with Gasteiger partial charge in [-0.15, -0.1) is 0 Å². The Morgan fingerprint density at radius 3 is 2.11 bits per heavy atom. The highest BCUT2D eigenvalue weighted by Gasteiger charge is 1.99. The average Bonchev–Trinajstić information content (AvgIpc) is 2.46. The van der Waals surface area contributed by atoms with Gasteiger partial charge in [0, 0.05) is 22.9 Å². The zero-order valence-electron chi connectivity index (χ0n) is 10.9. The van der Waals surface area contributed by atoms with Crippen molar-refractivity contribution in [1.82, 2.24) is 0 Å². The van der Waals surface area contributed by atoms with Gasteiger partial charge in [0.15, 0.2) is 0 Å². The van der Waals surface area contributed by atoms with Crippen molar-refractivity contribution in [2.75, 3.05) is 20.0 Å². The second kappa shape index (κ2) is 5.83. The molecule has 2 rings (SSSR count). The van der Waals surface area contributed by atoms with Crippen molar-refractivity contribution in [1.29, 1.82) is 0 Å². The second-order valence-corrected chi connectivity index (χ2v) is 3.94. The molecule has 0 saturated heterocycles. The van der Waals surface area contributed by atoms with Crippen LogP contribution in [0, 0.1) is 11.8 Å². The van der Waals surface area contributed by atoms with E-state index in [9.17, 15) is 0 Å². The molecule has 0 spiro atoms. The summed E-state index contributed by atoms with van der Waals surface area (Å²) >= 11 is 0. The first-order valence-corrected chi connectivity index (χ1v) is 5.82. The number of ether oxygens (including phenoxy) is 2. The minimum atomic E-state index is 0.671. The van der Waals surface area contributed by atoms with E-state index in [1.807, 2.05) is 42.5 Å². The third kappa shape index (κ3) is 3.20. The van der Waals surface area contributed by atoms with Gasteiger partial charge in [-0.3, -0.25) is 0 Å². The van der Waals surface area contributed by atoms with Crippen LogP contribution in [-0.4, -0.2) is 14.2 Å². The maximum absolute atomic E-state index is 5.84. The molecule has 0 unspecified atom stereocenters. The molecule has 0 fully saturated rings. The molecule has 0 aliphatic heterocycles. The molecule has 0 aliphatic carbocycles. The van der Waals surface area contributed by atoms with E-state index in [1.54, 1.807) is 14.2 Å². The van der Waals surface area contributed by atoms with Crippen molar-refractivity contribution in [3.8, 4) is 23.3 Å². The van der Waals surface area contributed by atoms with Gasteiger partial charge in [-0.25, -0.2) is 0 Å². The fourth-order valence-electron chi connectivity index (χ4n) is 1.63.